The Hall–Kier alpha value is -13.8. The van der Waals surface area contributed by atoms with Crippen molar-refractivity contribution < 1.29 is 52.7 Å². The van der Waals surface area contributed by atoms with Crippen LogP contribution in [0.4, 0.5) is 46.5 Å². The van der Waals surface area contributed by atoms with Crippen LogP contribution in [0.3, 0.4) is 0 Å². The number of anilines is 8. The summed E-state index contributed by atoms with van der Waals surface area (Å²) in [6, 6.07) is 63.5. The number of hydrogen-bond acceptors (Lipinski definition) is 24. The van der Waals surface area contributed by atoms with E-state index in [0.29, 0.717) is 93.7 Å². The third kappa shape index (κ3) is 25.1. The van der Waals surface area contributed by atoms with Crippen LogP contribution in [0.25, 0.3) is 22.1 Å². The maximum atomic E-state index is 12.7. The van der Waals surface area contributed by atoms with Crippen molar-refractivity contribution in [3.8, 4) is 11.5 Å². The second kappa shape index (κ2) is 40.1. The first-order valence-corrected chi connectivity index (χ1v) is 43.3. The Morgan fingerprint density at radius 1 is 0.355 bits per heavy atom. The zero-order chi connectivity index (χ0) is 85.9. The number of amides is 2. The van der Waals surface area contributed by atoms with Crippen molar-refractivity contribution in [2.75, 3.05) is 53.4 Å². The second-order valence-electron chi connectivity index (χ2n) is 27.0. The highest BCUT2D eigenvalue weighted by Crippen LogP contribution is 2.26. The summed E-state index contributed by atoms with van der Waals surface area (Å²) in [7, 11) is -13.3. The maximum absolute atomic E-state index is 12.7. The fraction of sp³-hybridized carbons (Fsp3) is 0.200. The first kappa shape index (κ1) is 89.5. The third-order valence-electron chi connectivity index (χ3n) is 17.4. The monoisotopic (exact) mass is 1710 g/mol. The molecule has 6 heterocycles. The summed E-state index contributed by atoms with van der Waals surface area (Å²) < 4.78 is 125. The number of aryl methyl sites for hydroxylation is 10. The van der Waals surface area contributed by atoms with Gasteiger partial charge >= 0.3 is 0 Å². The molecule has 2 amide bonds. The smallest absolute Gasteiger partial charge is 0.264 e. The Kier molecular flexibility index (Phi) is 29.6. The minimum Gasteiger partial charge on any atom is -0.494 e. The first-order valence-electron chi connectivity index (χ1n) is 37.4. The number of para-hydroxylation sites is 5. The molecule has 0 spiro atoms. The van der Waals surface area contributed by atoms with Crippen LogP contribution in [0.1, 0.15) is 88.8 Å². The van der Waals surface area contributed by atoms with Gasteiger partial charge in [0.05, 0.1) is 61.3 Å². The summed E-state index contributed by atoms with van der Waals surface area (Å²) in [5.74, 6) is 2.58. The van der Waals surface area contributed by atoms with Gasteiger partial charge in [0, 0.05) is 87.5 Å². The molecule has 0 fully saturated rings. The molecule has 14 rings (SSSR count). The lowest BCUT2D eigenvalue weighted by Crippen LogP contribution is -2.20. The van der Waals surface area contributed by atoms with E-state index < -0.39 is 40.1 Å². The van der Waals surface area contributed by atoms with Gasteiger partial charge in [0.1, 0.15) is 23.1 Å². The van der Waals surface area contributed by atoms with Gasteiger partial charge in [0.25, 0.3) is 51.9 Å². The maximum Gasteiger partial charge on any atom is 0.264 e. The molecule has 8 N–H and O–H groups in total. The summed E-state index contributed by atoms with van der Waals surface area (Å²) in [5, 5.41) is 12.0. The molecule has 0 aliphatic carbocycles. The Morgan fingerprint density at radius 3 is 1.05 bits per heavy atom. The average Bonchev–Trinajstić information content (AvgIpc) is 1.64. The molecule has 0 bridgehead atoms. The second-order valence-corrected chi connectivity index (χ2v) is 33.8. The van der Waals surface area contributed by atoms with Gasteiger partial charge in [-0.05, 0) is 251 Å². The van der Waals surface area contributed by atoms with Crippen molar-refractivity contribution in [3.05, 3.63) is 287 Å². The first-order chi connectivity index (χ1) is 57.2. The molecular formula is C85H92N20O12S4. The van der Waals surface area contributed by atoms with E-state index in [-0.39, 0.29) is 69.2 Å². The number of sulfonamides is 4. The predicted octanol–water partition coefficient (Wildman–Crippen LogP) is 14.4. The predicted molar refractivity (Wildman–Crippen MR) is 469 cm³/mol. The van der Waals surface area contributed by atoms with E-state index >= 15 is 0 Å². The Bertz CT molecular complexity index is 6370. The Labute approximate surface area is 702 Å². The van der Waals surface area contributed by atoms with Crippen LogP contribution in [0, 0.1) is 55.4 Å². The van der Waals surface area contributed by atoms with Gasteiger partial charge in [0.2, 0.25) is 23.8 Å². The number of aromatic nitrogens is 12. The molecule has 0 unspecified atom stereocenters. The van der Waals surface area contributed by atoms with Gasteiger partial charge in [-0.1, -0.05) is 49.9 Å². The molecule has 0 saturated heterocycles. The van der Waals surface area contributed by atoms with Crippen LogP contribution in [0.15, 0.2) is 244 Å². The molecule has 0 radical (unpaired) electrons. The molecule has 32 nitrogen and oxygen atoms in total. The van der Waals surface area contributed by atoms with Crippen molar-refractivity contribution in [1.29, 1.82) is 0 Å². The molecule has 0 aliphatic heterocycles. The lowest BCUT2D eigenvalue weighted by Gasteiger charge is -2.10. The number of hydrogen-bond donors (Lipinski definition) is 8. The van der Waals surface area contributed by atoms with Gasteiger partial charge in [-0.15, -0.1) is 0 Å². The van der Waals surface area contributed by atoms with Crippen LogP contribution in [0.5, 0.6) is 11.5 Å². The highest BCUT2D eigenvalue weighted by molar-refractivity contribution is 7.93. The summed E-state index contributed by atoms with van der Waals surface area (Å²) in [6.07, 6.45) is 0. The van der Waals surface area contributed by atoms with Gasteiger partial charge < -0.3 is 39.9 Å². The quantitative estimate of drug-likeness (QED) is 0.0237. The van der Waals surface area contributed by atoms with Crippen molar-refractivity contribution in [3.63, 3.8) is 0 Å². The third-order valence-corrected chi connectivity index (χ3v) is 22.8. The van der Waals surface area contributed by atoms with Crippen molar-refractivity contribution in [2.24, 2.45) is 7.05 Å². The molecule has 628 valence electrons. The highest BCUT2D eigenvalue weighted by atomic mass is 32.2. The van der Waals surface area contributed by atoms with Crippen LogP contribution < -0.4 is 49.6 Å². The molecule has 0 aliphatic rings. The van der Waals surface area contributed by atoms with Crippen LogP contribution in [0.2, 0.25) is 0 Å². The standard InChI is InChI=1S/C22H24N6O2S.C21H22N6O2S.C21H22N4O4S.C20H20N4O4S.CH4/c1-4-28-20-8-6-5-7-19(20)26-21(28)14-23-17-9-11-18(12-10-17)31(29,30)27-22-24-15(2)13-16(3)25-22;1-14-12-15(2)24-21(23-14)26-30(28,29)17-10-8-16(9-11-17)22-13-20-25-18-6-4-5-7-19(18)27(20)3;1-4-29-18-9-5-16(6-10-18)20(26)24-17-7-11-19(12-8-17)30(27,28)25-21-22-14(2)13-15(3)23-21;1-14-12-15(2)22-20(21-14)24-29(26,27)18-10-8-16(9-11-18)23-19(25)13-28-17-6-4-3-5-7-17;/h5-13,23H,4,14H2,1-3H3,(H,24,25,27);4-12,22H,13H2,1-3H3,(H,23,24,26);5-13H,4H2,1-3H3,(H,24,26)(H,22,23,25);3-12H,13H2,1-2H3,(H,23,25)(H,21,22,24);1H4. The molecule has 0 atom stereocenters. The lowest BCUT2D eigenvalue weighted by molar-refractivity contribution is -0.118. The summed E-state index contributed by atoms with van der Waals surface area (Å²) in [5.41, 5.74) is 12.5. The average molecular weight is 1710 g/mol. The molecule has 6 aromatic heterocycles. The van der Waals surface area contributed by atoms with Gasteiger partial charge in [-0.3, -0.25) is 9.59 Å². The highest BCUT2D eigenvalue weighted by Gasteiger charge is 2.22. The number of fused-ring (bicyclic) bond motifs is 2. The summed E-state index contributed by atoms with van der Waals surface area (Å²) in [4.78, 5) is 66.9. The van der Waals surface area contributed by atoms with Gasteiger partial charge in [0.15, 0.2) is 6.61 Å². The SMILES string of the molecule is C.CCOc1ccc(C(=O)Nc2ccc(S(=O)(=O)Nc3nc(C)cc(C)n3)cc2)cc1.CCn1c(CNc2ccc(S(=O)(=O)Nc3nc(C)cc(C)n3)cc2)nc2ccccc21.Cc1cc(C)nc(NS(=O)(=O)c2ccc(NC(=O)COc3ccccc3)cc2)n1.Cc1cc(C)nc(NS(=O)(=O)c2ccc(NCc3nc4ccccc4n3C)cc2)n1. The van der Waals surface area contributed by atoms with Crippen LogP contribution >= 0.6 is 0 Å². The van der Waals surface area contributed by atoms with E-state index in [4.69, 9.17) is 14.5 Å². The van der Waals surface area contributed by atoms with Gasteiger partial charge in [-0.2, -0.15) is 0 Å². The zero-order valence-corrected chi connectivity index (χ0v) is 70.6. The Morgan fingerprint density at radius 2 is 0.678 bits per heavy atom. The van der Waals surface area contributed by atoms with E-state index in [0.717, 1.165) is 51.6 Å². The minimum atomic E-state index is -3.86. The molecule has 14 aromatic rings. The minimum absolute atomic E-state index is 0. The number of carbonyl (C=O) groups is 2. The number of rotatable bonds is 27. The number of carbonyl (C=O) groups excluding carboxylic acids is 2. The van der Waals surface area contributed by atoms with Crippen molar-refractivity contribution in [2.45, 2.75) is 116 Å². The van der Waals surface area contributed by atoms with E-state index in [9.17, 15) is 43.3 Å². The van der Waals surface area contributed by atoms with E-state index in [1.165, 1.54) is 48.5 Å². The van der Waals surface area contributed by atoms with E-state index in [1.54, 1.807) is 165 Å². The lowest BCUT2D eigenvalue weighted by atomic mass is 10.2. The van der Waals surface area contributed by atoms with E-state index in [2.05, 4.69) is 103 Å². The summed E-state index contributed by atoms with van der Waals surface area (Å²) >= 11 is 0. The summed E-state index contributed by atoms with van der Waals surface area (Å²) in [6.45, 7) is 20.4. The molecule has 0 saturated carbocycles. The molecule has 121 heavy (non-hydrogen) atoms. The largest absolute Gasteiger partial charge is 0.494 e. The zero-order valence-electron chi connectivity index (χ0n) is 67.3. The number of imidazole rings is 2. The molecular weight excluding hydrogens is 1620 g/mol. The number of ether oxygens (including phenoxy) is 2. The number of benzene rings is 8. The van der Waals surface area contributed by atoms with Crippen LogP contribution in [-0.2, 0) is 71.6 Å². The van der Waals surface area contributed by atoms with Gasteiger partial charge in [-0.25, -0.2) is 102 Å². The fourth-order valence-electron chi connectivity index (χ4n) is 12.0. The number of nitrogens with one attached hydrogen (secondary N) is 8. The fourth-order valence-corrected chi connectivity index (χ4v) is 15.8. The normalized spacial score (nSPS) is 11.2. The number of nitrogens with zero attached hydrogens (tertiary/aromatic N) is 12. The van der Waals surface area contributed by atoms with Crippen molar-refractivity contribution >= 4 is 121 Å². The molecule has 36 heteroatoms. The topological polar surface area (TPSA) is 424 Å². The Balaban J connectivity index is 0.000000169. The molecule has 8 aromatic carbocycles. The van der Waals surface area contributed by atoms with Crippen LogP contribution in [-0.4, -0.2) is 118 Å². The van der Waals surface area contributed by atoms with Crippen molar-refractivity contribution in [1.82, 2.24) is 59.0 Å². The van der Waals surface area contributed by atoms with E-state index in [1.807, 2.05) is 79.2 Å².